The Labute approximate surface area is 298 Å². The van der Waals surface area contributed by atoms with E-state index in [1.165, 1.54) is 71.3 Å². The Morgan fingerprint density at radius 2 is 1.12 bits per heavy atom. The van der Waals surface area contributed by atoms with Crippen molar-refractivity contribution in [3.05, 3.63) is 192 Å². The zero-order valence-corrected chi connectivity index (χ0v) is 28.7. The Bertz CT molecular complexity index is 2690. The zero-order chi connectivity index (χ0) is 34.1. The summed E-state index contributed by atoms with van der Waals surface area (Å²) in [7, 11) is 0. The molecule has 3 heteroatoms. The molecule has 0 radical (unpaired) electrons. The molecule has 51 heavy (non-hydrogen) atoms. The summed E-state index contributed by atoms with van der Waals surface area (Å²) in [6.45, 7) is 4.76. The van der Waals surface area contributed by atoms with Crippen LogP contribution in [0.4, 0.5) is 0 Å². The summed E-state index contributed by atoms with van der Waals surface area (Å²) < 4.78 is 0. The van der Waals surface area contributed by atoms with Crippen molar-refractivity contribution in [1.29, 1.82) is 0 Å². The molecule has 0 saturated carbocycles. The first-order valence-electron chi connectivity index (χ1n) is 17.9. The molecule has 10 rings (SSSR count). The van der Waals surface area contributed by atoms with E-state index in [9.17, 15) is 0 Å². The number of hydrogen-bond donors (Lipinski definition) is 2. The Balaban J connectivity index is 1.13. The molecule has 0 amide bonds. The van der Waals surface area contributed by atoms with Gasteiger partial charge in [-0.3, -0.25) is 5.32 Å². The van der Waals surface area contributed by atoms with E-state index in [2.05, 4.69) is 188 Å². The van der Waals surface area contributed by atoms with Crippen LogP contribution in [-0.2, 0) is 5.41 Å². The molecule has 0 spiro atoms. The number of nitrogens with zero attached hydrogens (tertiary/aromatic N) is 1. The smallest absolute Gasteiger partial charge is 0.131 e. The molecule has 2 N–H and O–H groups in total. The number of rotatable bonds is 4. The van der Waals surface area contributed by atoms with Crippen molar-refractivity contribution in [3.63, 3.8) is 0 Å². The molecule has 1 aliphatic heterocycles. The predicted octanol–water partition coefficient (Wildman–Crippen LogP) is 11.5. The largest absolute Gasteiger partial charge is 0.350 e. The van der Waals surface area contributed by atoms with Gasteiger partial charge in [0.1, 0.15) is 18.2 Å². The first-order chi connectivity index (χ1) is 25.0. The van der Waals surface area contributed by atoms with Crippen LogP contribution in [0.2, 0.25) is 0 Å². The van der Waals surface area contributed by atoms with Gasteiger partial charge in [-0.15, -0.1) is 0 Å². The second kappa shape index (κ2) is 11.5. The van der Waals surface area contributed by atoms with Crippen LogP contribution >= 0.6 is 0 Å². The highest BCUT2D eigenvalue weighted by Crippen LogP contribution is 2.55. The number of fused-ring (bicyclic) bond motifs is 6. The van der Waals surface area contributed by atoms with Crippen molar-refractivity contribution in [1.82, 2.24) is 10.6 Å². The van der Waals surface area contributed by atoms with E-state index < -0.39 is 0 Å². The first kappa shape index (κ1) is 29.8. The van der Waals surface area contributed by atoms with Crippen LogP contribution in [0, 0.1) is 0 Å². The summed E-state index contributed by atoms with van der Waals surface area (Å²) in [6.07, 6.45) is -0.333. The minimum Gasteiger partial charge on any atom is -0.350 e. The van der Waals surface area contributed by atoms with Crippen molar-refractivity contribution < 1.29 is 0 Å². The normalized spacial score (nSPS) is 17.6. The molecule has 8 aromatic rings. The summed E-state index contributed by atoms with van der Waals surface area (Å²) in [4.78, 5) is 5.36. The Morgan fingerprint density at radius 1 is 0.490 bits per heavy atom. The standard InChI is InChI=1S/C48H37N3/c1-48(2)41-29-38(47-50-45(32-14-4-3-5-15-32)49-46(51-47)37-23-21-31-13-7-9-17-34(31)27-37)24-25-40(41)44-42(48)28-35-18-10-11-19-39(35)43(44)36-22-20-30-12-6-8-16-33(30)26-36/h3-29,45,47,50H,1-2H3,(H,49,51). The van der Waals surface area contributed by atoms with Gasteiger partial charge in [-0.25, -0.2) is 4.99 Å². The van der Waals surface area contributed by atoms with E-state index >= 15 is 0 Å². The van der Waals surface area contributed by atoms with Crippen LogP contribution in [0.1, 0.15) is 54.0 Å². The van der Waals surface area contributed by atoms with Gasteiger partial charge in [-0.2, -0.15) is 0 Å². The fraction of sp³-hybridized carbons (Fsp3) is 0.104. The SMILES string of the molecule is CC1(C)c2cc(C3N=C(c4ccc5ccccc5c4)NC(c4ccccc4)N3)ccc2-c2c1cc1ccccc1c2-c1ccc2ccccc2c1. The molecule has 3 nitrogen and oxygen atoms in total. The average Bonchev–Trinajstić information content (AvgIpc) is 3.41. The lowest BCUT2D eigenvalue weighted by atomic mass is 9.80. The molecule has 1 heterocycles. The van der Waals surface area contributed by atoms with Crippen molar-refractivity contribution in [2.45, 2.75) is 31.6 Å². The molecule has 8 aromatic carbocycles. The lowest BCUT2D eigenvalue weighted by Crippen LogP contribution is -2.45. The Hall–Kier alpha value is -6.03. The van der Waals surface area contributed by atoms with Crippen LogP contribution in [0.25, 0.3) is 54.6 Å². The summed E-state index contributed by atoms with van der Waals surface area (Å²) in [6, 6.07) is 59.7. The van der Waals surface area contributed by atoms with Gasteiger partial charge >= 0.3 is 0 Å². The fourth-order valence-electron chi connectivity index (χ4n) is 8.41. The molecule has 0 bridgehead atoms. The van der Waals surface area contributed by atoms with Crippen LogP contribution in [0.5, 0.6) is 0 Å². The molecule has 2 unspecified atom stereocenters. The van der Waals surface area contributed by atoms with Gasteiger partial charge in [-0.05, 0) is 95.0 Å². The maximum atomic E-state index is 5.36. The van der Waals surface area contributed by atoms with Gasteiger partial charge < -0.3 is 5.32 Å². The van der Waals surface area contributed by atoms with Crippen molar-refractivity contribution >= 4 is 38.2 Å². The maximum Gasteiger partial charge on any atom is 0.131 e. The maximum absolute atomic E-state index is 5.36. The second-order valence-corrected chi connectivity index (χ2v) is 14.5. The van der Waals surface area contributed by atoms with E-state index in [0.717, 1.165) is 17.0 Å². The third kappa shape index (κ3) is 4.88. The molecule has 0 saturated heterocycles. The Morgan fingerprint density at radius 3 is 1.86 bits per heavy atom. The first-order valence-corrected chi connectivity index (χ1v) is 17.9. The van der Waals surface area contributed by atoms with E-state index in [-0.39, 0.29) is 17.7 Å². The van der Waals surface area contributed by atoms with Gasteiger partial charge in [0.2, 0.25) is 0 Å². The topological polar surface area (TPSA) is 36.4 Å². The predicted molar refractivity (Wildman–Crippen MR) is 213 cm³/mol. The molecule has 0 fully saturated rings. The lowest BCUT2D eigenvalue weighted by molar-refractivity contribution is 0.408. The highest BCUT2D eigenvalue weighted by atomic mass is 15.3. The minimum atomic E-state index is -0.234. The number of aliphatic imine (C=N–C) groups is 1. The molecule has 0 aromatic heterocycles. The van der Waals surface area contributed by atoms with E-state index in [1.54, 1.807) is 0 Å². The zero-order valence-electron chi connectivity index (χ0n) is 28.7. The number of hydrogen-bond acceptors (Lipinski definition) is 3. The lowest BCUT2D eigenvalue weighted by Gasteiger charge is -2.33. The third-order valence-corrected chi connectivity index (χ3v) is 11.1. The summed E-state index contributed by atoms with van der Waals surface area (Å²) in [5, 5.41) is 15.1. The minimum absolute atomic E-state index is 0.0987. The second-order valence-electron chi connectivity index (χ2n) is 14.5. The van der Waals surface area contributed by atoms with E-state index in [4.69, 9.17) is 4.99 Å². The monoisotopic (exact) mass is 655 g/mol. The summed E-state index contributed by atoms with van der Waals surface area (Å²) in [5.41, 5.74) is 11.1. The van der Waals surface area contributed by atoms with Crippen molar-refractivity contribution in [2.75, 3.05) is 0 Å². The van der Waals surface area contributed by atoms with Crippen LogP contribution in [0.15, 0.2) is 169 Å². The summed E-state index contributed by atoms with van der Waals surface area (Å²) in [5.74, 6) is 0.895. The van der Waals surface area contributed by atoms with Crippen LogP contribution < -0.4 is 10.6 Å². The average molecular weight is 656 g/mol. The molecular formula is C48H37N3. The Kier molecular flexibility index (Phi) is 6.74. The number of benzene rings is 8. The van der Waals surface area contributed by atoms with Crippen LogP contribution in [0.3, 0.4) is 0 Å². The number of nitrogens with one attached hydrogen (secondary N) is 2. The summed E-state index contributed by atoms with van der Waals surface area (Å²) >= 11 is 0. The van der Waals surface area contributed by atoms with E-state index in [0.29, 0.717) is 0 Å². The fourth-order valence-corrected chi connectivity index (χ4v) is 8.41. The third-order valence-electron chi connectivity index (χ3n) is 11.1. The van der Waals surface area contributed by atoms with Crippen molar-refractivity contribution in [2.24, 2.45) is 4.99 Å². The number of amidine groups is 1. The van der Waals surface area contributed by atoms with Crippen LogP contribution in [-0.4, -0.2) is 5.84 Å². The molecule has 2 aliphatic rings. The molecular weight excluding hydrogens is 619 g/mol. The van der Waals surface area contributed by atoms with Gasteiger partial charge in [-0.1, -0.05) is 159 Å². The van der Waals surface area contributed by atoms with Gasteiger partial charge in [0.25, 0.3) is 0 Å². The van der Waals surface area contributed by atoms with Gasteiger partial charge in [0.05, 0.1) is 0 Å². The molecule has 1 aliphatic carbocycles. The van der Waals surface area contributed by atoms with Gasteiger partial charge in [0.15, 0.2) is 0 Å². The van der Waals surface area contributed by atoms with Gasteiger partial charge in [0, 0.05) is 11.0 Å². The van der Waals surface area contributed by atoms with E-state index in [1.807, 2.05) is 0 Å². The quantitative estimate of drug-likeness (QED) is 0.198. The van der Waals surface area contributed by atoms with Crippen molar-refractivity contribution in [3.8, 4) is 22.3 Å². The highest BCUT2D eigenvalue weighted by Gasteiger charge is 2.39. The highest BCUT2D eigenvalue weighted by molar-refractivity contribution is 6.09. The molecule has 244 valence electrons. The molecule has 2 atom stereocenters.